The fraction of sp³-hybridized carbons (Fsp3) is 0.868. The molecule has 0 aliphatic carbocycles. The average molecular weight is 1040 g/mol. The summed E-state index contributed by atoms with van der Waals surface area (Å²) in [7, 11) is 0. The average Bonchev–Trinajstić information content (AvgIpc) is 3.40. The van der Waals surface area contributed by atoms with E-state index < -0.39 is 6.10 Å². The summed E-state index contributed by atoms with van der Waals surface area (Å²) in [5.41, 5.74) is 0. The fourth-order valence-corrected chi connectivity index (χ4v) is 9.88. The summed E-state index contributed by atoms with van der Waals surface area (Å²) in [6.45, 7) is 6.67. The summed E-state index contributed by atoms with van der Waals surface area (Å²) in [6.07, 6.45) is 77.2. The fourth-order valence-electron chi connectivity index (χ4n) is 9.88. The van der Waals surface area contributed by atoms with Gasteiger partial charge in [0.2, 0.25) is 0 Å². The van der Waals surface area contributed by atoms with Gasteiger partial charge in [-0.05, 0) is 77.0 Å². The van der Waals surface area contributed by atoms with Crippen LogP contribution in [0.3, 0.4) is 0 Å². The molecule has 0 amide bonds. The molecule has 434 valence electrons. The molecule has 0 saturated heterocycles. The van der Waals surface area contributed by atoms with Crippen molar-refractivity contribution in [2.45, 2.75) is 367 Å². The summed E-state index contributed by atoms with van der Waals surface area (Å²) in [6, 6.07) is 0. The van der Waals surface area contributed by atoms with Gasteiger partial charge >= 0.3 is 17.9 Å². The van der Waals surface area contributed by atoms with Crippen molar-refractivity contribution in [3.05, 3.63) is 36.5 Å². The highest BCUT2D eigenvalue weighted by Crippen LogP contribution is 2.18. The van der Waals surface area contributed by atoms with Crippen LogP contribution in [0.2, 0.25) is 0 Å². The van der Waals surface area contributed by atoms with E-state index in [0.717, 1.165) is 70.6 Å². The number of hydrogen-bond acceptors (Lipinski definition) is 6. The number of allylic oxidation sites excluding steroid dienone is 6. The van der Waals surface area contributed by atoms with E-state index in [1.165, 1.54) is 250 Å². The summed E-state index contributed by atoms with van der Waals surface area (Å²) < 4.78 is 17.0. The SMILES string of the molecule is CCCCC/C=C\C/C=C\CCCCCCCCCC(=O)OCC(COC(=O)CCCCCCCCCCCCCCCCCCCCCC)OC(=O)CCCCCCCCCCC/C=C\CCCCCCCC. The van der Waals surface area contributed by atoms with Crippen molar-refractivity contribution in [3.8, 4) is 0 Å². The number of esters is 3. The molecule has 0 heterocycles. The minimum absolute atomic E-state index is 0.0709. The van der Waals surface area contributed by atoms with E-state index in [4.69, 9.17) is 14.2 Å². The number of carbonyl (C=O) groups excluding carboxylic acids is 3. The Morgan fingerprint density at radius 2 is 0.486 bits per heavy atom. The van der Waals surface area contributed by atoms with Crippen LogP contribution in [-0.4, -0.2) is 37.2 Å². The molecule has 0 aliphatic heterocycles. The first-order valence-corrected chi connectivity index (χ1v) is 33.0. The lowest BCUT2D eigenvalue weighted by Gasteiger charge is -2.18. The number of unbranched alkanes of at least 4 members (excludes halogenated alkanes) is 44. The van der Waals surface area contributed by atoms with Gasteiger partial charge in [-0.15, -0.1) is 0 Å². The van der Waals surface area contributed by atoms with Gasteiger partial charge in [0, 0.05) is 19.3 Å². The first-order valence-electron chi connectivity index (χ1n) is 33.0. The first-order chi connectivity index (χ1) is 36.5. The van der Waals surface area contributed by atoms with Crippen LogP contribution in [0.15, 0.2) is 36.5 Å². The number of hydrogen-bond donors (Lipinski definition) is 0. The van der Waals surface area contributed by atoms with Gasteiger partial charge in [-0.3, -0.25) is 14.4 Å². The molecule has 0 aromatic heterocycles. The van der Waals surface area contributed by atoms with Crippen LogP contribution in [-0.2, 0) is 28.6 Å². The molecule has 0 radical (unpaired) electrons. The largest absolute Gasteiger partial charge is 0.462 e. The maximum Gasteiger partial charge on any atom is 0.306 e. The van der Waals surface area contributed by atoms with Gasteiger partial charge in [0.25, 0.3) is 0 Å². The summed E-state index contributed by atoms with van der Waals surface area (Å²) in [5, 5.41) is 0. The third-order valence-electron chi connectivity index (χ3n) is 14.9. The standard InChI is InChI=1S/C68H126O6/c1-4-7-10-13-16-19-22-25-28-31-33-35-37-40-43-46-49-52-55-58-61-67(70)73-64-65(63-72-66(69)60-57-54-51-48-45-42-39-36-30-27-24-21-18-15-12-9-6-3)74-68(71)62-59-56-53-50-47-44-41-38-34-32-29-26-23-20-17-14-11-8-5-2/h18,21,26-27,29-30,65H,4-17,19-20,22-25,28,31-64H2,1-3H3/b21-18-,29-26-,30-27-. The van der Waals surface area contributed by atoms with Crippen molar-refractivity contribution in [2.75, 3.05) is 13.2 Å². The molecule has 0 aromatic carbocycles. The Morgan fingerprint density at radius 1 is 0.270 bits per heavy atom. The van der Waals surface area contributed by atoms with E-state index in [-0.39, 0.29) is 31.1 Å². The smallest absolute Gasteiger partial charge is 0.306 e. The monoisotopic (exact) mass is 1040 g/mol. The zero-order valence-electron chi connectivity index (χ0n) is 49.9. The molecule has 1 unspecified atom stereocenters. The Kier molecular flexibility index (Phi) is 61.1. The van der Waals surface area contributed by atoms with Gasteiger partial charge in [-0.1, -0.05) is 301 Å². The molecule has 0 aliphatic rings. The highest BCUT2D eigenvalue weighted by molar-refractivity contribution is 5.71. The summed E-state index contributed by atoms with van der Waals surface area (Å²) in [4.78, 5) is 38.4. The van der Waals surface area contributed by atoms with Gasteiger partial charge in [-0.2, -0.15) is 0 Å². The quantitative estimate of drug-likeness (QED) is 0.0261. The second-order valence-corrected chi connectivity index (χ2v) is 22.4. The molecule has 6 nitrogen and oxygen atoms in total. The van der Waals surface area contributed by atoms with Crippen molar-refractivity contribution >= 4 is 17.9 Å². The van der Waals surface area contributed by atoms with Crippen LogP contribution in [0.25, 0.3) is 0 Å². The number of rotatable bonds is 61. The van der Waals surface area contributed by atoms with Crippen molar-refractivity contribution in [2.24, 2.45) is 0 Å². The Bertz CT molecular complexity index is 1240. The highest BCUT2D eigenvalue weighted by atomic mass is 16.6. The van der Waals surface area contributed by atoms with Gasteiger partial charge in [0.1, 0.15) is 13.2 Å². The van der Waals surface area contributed by atoms with E-state index in [1.54, 1.807) is 0 Å². The molecule has 0 N–H and O–H groups in total. The predicted molar refractivity (Wildman–Crippen MR) is 321 cm³/mol. The van der Waals surface area contributed by atoms with Crippen LogP contribution < -0.4 is 0 Å². The summed E-state index contributed by atoms with van der Waals surface area (Å²) in [5.74, 6) is -0.855. The van der Waals surface area contributed by atoms with Crippen molar-refractivity contribution in [1.82, 2.24) is 0 Å². The van der Waals surface area contributed by atoms with Crippen LogP contribution in [0.5, 0.6) is 0 Å². The Balaban J connectivity index is 4.33. The van der Waals surface area contributed by atoms with Crippen LogP contribution in [0.1, 0.15) is 361 Å². The molecule has 6 heteroatoms. The van der Waals surface area contributed by atoms with Crippen molar-refractivity contribution in [3.63, 3.8) is 0 Å². The molecule has 0 rings (SSSR count). The second kappa shape index (κ2) is 63.2. The lowest BCUT2D eigenvalue weighted by Crippen LogP contribution is -2.30. The lowest BCUT2D eigenvalue weighted by molar-refractivity contribution is -0.167. The van der Waals surface area contributed by atoms with Crippen molar-refractivity contribution in [1.29, 1.82) is 0 Å². The Hall–Kier alpha value is -2.37. The van der Waals surface area contributed by atoms with Crippen molar-refractivity contribution < 1.29 is 28.6 Å². The number of ether oxygens (including phenoxy) is 3. The molecule has 0 saturated carbocycles. The van der Waals surface area contributed by atoms with E-state index in [1.807, 2.05) is 0 Å². The van der Waals surface area contributed by atoms with Gasteiger partial charge < -0.3 is 14.2 Å². The lowest BCUT2D eigenvalue weighted by atomic mass is 10.0. The van der Waals surface area contributed by atoms with Gasteiger partial charge in [-0.25, -0.2) is 0 Å². The number of carbonyl (C=O) groups is 3. The molecule has 0 bridgehead atoms. The minimum Gasteiger partial charge on any atom is -0.462 e. The zero-order chi connectivity index (χ0) is 53.6. The zero-order valence-corrected chi connectivity index (χ0v) is 49.9. The minimum atomic E-state index is -0.775. The maximum absolute atomic E-state index is 12.9. The Labute approximate surface area is 461 Å². The van der Waals surface area contributed by atoms with Gasteiger partial charge in [0.15, 0.2) is 6.10 Å². The molecule has 0 aromatic rings. The summed E-state index contributed by atoms with van der Waals surface area (Å²) >= 11 is 0. The van der Waals surface area contributed by atoms with E-state index in [9.17, 15) is 14.4 Å². The second-order valence-electron chi connectivity index (χ2n) is 22.4. The first kappa shape index (κ1) is 71.6. The molecule has 1 atom stereocenters. The van der Waals surface area contributed by atoms with Crippen LogP contribution in [0.4, 0.5) is 0 Å². The molecule has 0 fully saturated rings. The van der Waals surface area contributed by atoms with Crippen LogP contribution >= 0.6 is 0 Å². The maximum atomic E-state index is 12.9. The molecular weight excluding hydrogens is 913 g/mol. The topological polar surface area (TPSA) is 78.9 Å². The highest BCUT2D eigenvalue weighted by Gasteiger charge is 2.19. The molecule has 74 heavy (non-hydrogen) atoms. The van der Waals surface area contributed by atoms with E-state index >= 15 is 0 Å². The molecular formula is C68H126O6. The normalized spacial score (nSPS) is 12.2. The third-order valence-corrected chi connectivity index (χ3v) is 14.9. The molecule has 0 spiro atoms. The Morgan fingerprint density at radius 3 is 0.784 bits per heavy atom. The third kappa shape index (κ3) is 60.5. The van der Waals surface area contributed by atoms with Crippen LogP contribution in [0, 0.1) is 0 Å². The van der Waals surface area contributed by atoms with E-state index in [2.05, 4.69) is 57.2 Å². The van der Waals surface area contributed by atoms with Gasteiger partial charge in [0.05, 0.1) is 0 Å². The van der Waals surface area contributed by atoms with E-state index in [0.29, 0.717) is 19.3 Å². The predicted octanol–water partition coefficient (Wildman–Crippen LogP) is 22.4.